The molecule has 6 heteroatoms. The summed E-state index contributed by atoms with van der Waals surface area (Å²) in [5, 5.41) is 20.1. The van der Waals surface area contributed by atoms with Crippen molar-refractivity contribution in [1.82, 2.24) is 0 Å². The summed E-state index contributed by atoms with van der Waals surface area (Å²) in [6.45, 7) is 4.19. The molecule has 1 fully saturated rings. The average molecular weight is 274 g/mol. The lowest BCUT2D eigenvalue weighted by molar-refractivity contribution is -0.384. The van der Waals surface area contributed by atoms with Gasteiger partial charge >= 0.3 is 0 Å². The zero-order chi connectivity index (χ0) is 14.7. The quantitative estimate of drug-likeness (QED) is 0.670. The van der Waals surface area contributed by atoms with Crippen molar-refractivity contribution in [2.45, 2.75) is 13.3 Å². The Bertz CT molecular complexity index is 553. The van der Waals surface area contributed by atoms with Crippen LogP contribution in [0.15, 0.2) is 18.2 Å². The van der Waals surface area contributed by atoms with Crippen LogP contribution < -0.4 is 10.6 Å². The molecular formula is C14H18N4O2. The molecule has 20 heavy (non-hydrogen) atoms. The Morgan fingerprint density at radius 1 is 1.60 bits per heavy atom. The van der Waals surface area contributed by atoms with Crippen molar-refractivity contribution < 1.29 is 4.92 Å². The molecule has 1 aromatic rings. The predicted molar refractivity (Wildman–Crippen MR) is 76.3 cm³/mol. The molecule has 0 bridgehead atoms. The number of rotatable bonds is 3. The number of nitrogens with zero attached hydrogens (tertiary/aromatic N) is 3. The van der Waals surface area contributed by atoms with Crippen LogP contribution >= 0.6 is 0 Å². The van der Waals surface area contributed by atoms with Crippen LogP contribution in [0, 0.1) is 33.3 Å². The third kappa shape index (κ3) is 2.73. The number of hydrogen-bond acceptors (Lipinski definition) is 5. The minimum atomic E-state index is -0.397. The molecule has 0 saturated carbocycles. The highest BCUT2D eigenvalue weighted by molar-refractivity contribution is 5.66. The number of hydrogen-bond donors (Lipinski definition) is 1. The second kappa shape index (κ2) is 5.88. The van der Waals surface area contributed by atoms with Gasteiger partial charge in [-0.15, -0.1) is 0 Å². The third-order valence-electron chi connectivity index (χ3n) is 4.06. The first-order chi connectivity index (χ1) is 9.56. The van der Waals surface area contributed by atoms with Crippen LogP contribution in [0.2, 0.25) is 0 Å². The Kier molecular flexibility index (Phi) is 4.20. The molecule has 6 nitrogen and oxygen atoms in total. The molecule has 0 radical (unpaired) electrons. The molecule has 2 atom stereocenters. The fourth-order valence-corrected chi connectivity index (χ4v) is 2.68. The second-order valence-electron chi connectivity index (χ2n) is 5.28. The molecule has 2 unspecified atom stereocenters. The van der Waals surface area contributed by atoms with E-state index >= 15 is 0 Å². The van der Waals surface area contributed by atoms with Gasteiger partial charge < -0.3 is 10.6 Å². The smallest absolute Gasteiger partial charge is 0.292 e. The molecule has 0 amide bonds. The maximum absolute atomic E-state index is 11.2. The van der Waals surface area contributed by atoms with Crippen molar-refractivity contribution in [2.75, 3.05) is 24.5 Å². The van der Waals surface area contributed by atoms with E-state index in [2.05, 4.69) is 6.92 Å². The van der Waals surface area contributed by atoms with E-state index in [0.29, 0.717) is 36.2 Å². The van der Waals surface area contributed by atoms with Gasteiger partial charge in [-0.25, -0.2) is 0 Å². The summed E-state index contributed by atoms with van der Waals surface area (Å²) >= 11 is 0. The zero-order valence-corrected chi connectivity index (χ0v) is 11.5. The van der Waals surface area contributed by atoms with Gasteiger partial charge in [-0.3, -0.25) is 10.1 Å². The molecule has 2 rings (SSSR count). The van der Waals surface area contributed by atoms with E-state index in [4.69, 9.17) is 11.0 Å². The van der Waals surface area contributed by atoms with Crippen LogP contribution in [-0.2, 0) is 0 Å². The normalized spacial score (nSPS) is 22.4. The minimum Gasteiger partial charge on any atom is -0.366 e. The minimum absolute atomic E-state index is 0.0503. The van der Waals surface area contributed by atoms with Crippen LogP contribution in [0.1, 0.15) is 18.9 Å². The number of nitrogens with two attached hydrogens (primary N) is 1. The SMILES string of the molecule is CC1CCN(c2cc(C#N)ccc2[N+](=O)[O-])CC1CN. The van der Waals surface area contributed by atoms with Gasteiger partial charge in [0.15, 0.2) is 0 Å². The highest BCUT2D eigenvalue weighted by atomic mass is 16.6. The summed E-state index contributed by atoms with van der Waals surface area (Å²) in [6, 6.07) is 6.52. The lowest BCUT2D eigenvalue weighted by Crippen LogP contribution is -2.42. The molecule has 0 aromatic heterocycles. The lowest BCUT2D eigenvalue weighted by atomic mass is 9.87. The van der Waals surface area contributed by atoms with Gasteiger partial charge in [-0.2, -0.15) is 5.26 Å². The summed E-state index contributed by atoms with van der Waals surface area (Å²) in [6.07, 6.45) is 0.954. The molecule has 2 N–H and O–H groups in total. The van der Waals surface area contributed by atoms with Gasteiger partial charge in [0.2, 0.25) is 0 Å². The van der Waals surface area contributed by atoms with Crippen molar-refractivity contribution in [3.8, 4) is 6.07 Å². The molecular weight excluding hydrogens is 256 g/mol. The third-order valence-corrected chi connectivity index (χ3v) is 4.06. The molecule has 1 aliphatic rings. The highest BCUT2D eigenvalue weighted by Gasteiger charge is 2.29. The van der Waals surface area contributed by atoms with Gasteiger partial charge in [0.05, 0.1) is 16.6 Å². The summed E-state index contributed by atoms with van der Waals surface area (Å²) in [4.78, 5) is 12.7. The first-order valence-electron chi connectivity index (χ1n) is 6.70. The largest absolute Gasteiger partial charge is 0.366 e. The lowest BCUT2D eigenvalue weighted by Gasteiger charge is -2.37. The van der Waals surface area contributed by atoms with E-state index in [1.54, 1.807) is 6.07 Å². The Balaban J connectivity index is 2.36. The van der Waals surface area contributed by atoms with E-state index in [1.165, 1.54) is 12.1 Å². The van der Waals surface area contributed by atoms with E-state index in [0.717, 1.165) is 13.0 Å². The van der Waals surface area contributed by atoms with Crippen LogP contribution in [0.4, 0.5) is 11.4 Å². The Labute approximate surface area is 117 Å². The topological polar surface area (TPSA) is 96.2 Å². The second-order valence-corrected chi connectivity index (χ2v) is 5.28. The summed E-state index contributed by atoms with van der Waals surface area (Å²) in [5.74, 6) is 0.851. The van der Waals surface area contributed by atoms with Crippen molar-refractivity contribution in [2.24, 2.45) is 17.6 Å². The molecule has 1 aromatic carbocycles. The Morgan fingerprint density at radius 2 is 2.35 bits per heavy atom. The molecule has 0 spiro atoms. The van der Waals surface area contributed by atoms with Crippen LogP contribution in [0.5, 0.6) is 0 Å². The standard InChI is InChI=1S/C14H18N4O2/c1-10-4-5-17(9-12(10)8-16)14-6-11(7-15)2-3-13(14)18(19)20/h2-3,6,10,12H,4-5,8-9,16H2,1H3. The molecule has 1 heterocycles. The maximum Gasteiger partial charge on any atom is 0.292 e. The van der Waals surface area contributed by atoms with Gasteiger partial charge in [0.1, 0.15) is 5.69 Å². The van der Waals surface area contributed by atoms with Crippen LogP contribution in [0.25, 0.3) is 0 Å². The van der Waals surface area contributed by atoms with Crippen LogP contribution in [-0.4, -0.2) is 24.6 Å². The van der Waals surface area contributed by atoms with Gasteiger partial charge in [-0.1, -0.05) is 6.92 Å². The summed E-state index contributed by atoms with van der Waals surface area (Å²) in [7, 11) is 0. The van der Waals surface area contributed by atoms with Crippen molar-refractivity contribution in [1.29, 1.82) is 5.26 Å². The van der Waals surface area contributed by atoms with E-state index < -0.39 is 4.92 Å². The molecule has 1 aliphatic heterocycles. The summed E-state index contributed by atoms with van der Waals surface area (Å²) in [5.41, 5.74) is 6.79. The first-order valence-corrected chi connectivity index (χ1v) is 6.70. The summed E-state index contributed by atoms with van der Waals surface area (Å²) < 4.78 is 0. The highest BCUT2D eigenvalue weighted by Crippen LogP contribution is 2.33. The van der Waals surface area contributed by atoms with Crippen molar-refractivity contribution in [3.63, 3.8) is 0 Å². The zero-order valence-electron chi connectivity index (χ0n) is 11.5. The number of piperidine rings is 1. The number of benzene rings is 1. The number of anilines is 1. The first kappa shape index (κ1) is 14.3. The van der Waals surface area contributed by atoms with E-state index in [1.807, 2.05) is 11.0 Å². The Hall–Kier alpha value is -2.13. The fourth-order valence-electron chi connectivity index (χ4n) is 2.68. The van der Waals surface area contributed by atoms with Crippen molar-refractivity contribution in [3.05, 3.63) is 33.9 Å². The van der Waals surface area contributed by atoms with Gasteiger partial charge in [-0.05, 0) is 36.9 Å². The van der Waals surface area contributed by atoms with Crippen molar-refractivity contribution >= 4 is 11.4 Å². The predicted octanol–water partition coefficient (Wildman–Crippen LogP) is 1.89. The average Bonchev–Trinajstić information content (AvgIpc) is 2.47. The van der Waals surface area contributed by atoms with Crippen LogP contribution in [0.3, 0.4) is 0 Å². The number of nitro benzene ring substituents is 1. The molecule has 106 valence electrons. The molecule has 0 aliphatic carbocycles. The molecule has 1 saturated heterocycles. The van der Waals surface area contributed by atoms with E-state index in [9.17, 15) is 10.1 Å². The number of nitriles is 1. The monoisotopic (exact) mass is 274 g/mol. The van der Waals surface area contributed by atoms with E-state index in [-0.39, 0.29) is 5.69 Å². The Morgan fingerprint density at radius 3 is 2.95 bits per heavy atom. The van der Waals surface area contributed by atoms with Gasteiger partial charge in [0.25, 0.3) is 5.69 Å². The van der Waals surface area contributed by atoms with Gasteiger partial charge in [0, 0.05) is 19.2 Å². The maximum atomic E-state index is 11.2. The number of nitro groups is 1. The fraction of sp³-hybridized carbons (Fsp3) is 0.500.